The predicted molar refractivity (Wildman–Crippen MR) is 80.6 cm³/mol. The standard InChI is InChI=1S/C16H15F2NO4/c1-21-12-6-4-11(5-7-12)19-15(20)10-3-8-13(23-16(17)18)14(9-10)22-2/h3-9,16H,1-2H3,(H,19,20). The lowest BCUT2D eigenvalue weighted by Gasteiger charge is -2.11. The SMILES string of the molecule is COc1ccc(NC(=O)c2ccc(OC(F)F)c(OC)c2)cc1. The molecule has 122 valence electrons. The first-order chi connectivity index (χ1) is 11.0. The number of nitrogens with one attached hydrogen (secondary N) is 1. The van der Waals surface area contributed by atoms with Crippen molar-refractivity contribution in [2.45, 2.75) is 6.61 Å². The first-order valence-corrected chi connectivity index (χ1v) is 6.61. The second kappa shape index (κ2) is 7.44. The average Bonchev–Trinajstić information content (AvgIpc) is 2.55. The maximum absolute atomic E-state index is 12.3. The molecule has 0 saturated heterocycles. The molecule has 0 spiro atoms. The molecule has 23 heavy (non-hydrogen) atoms. The molecule has 0 heterocycles. The van der Waals surface area contributed by atoms with Crippen LogP contribution in [0.25, 0.3) is 0 Å². The minimum absolute atomic E-state index is 0.0488. The maximum atomic E-state index is 12.3. The lowest BCUT2D eigenvalue weighted by Crippen LogP contribution is -2.12. The zero-order valence-corrected chi connectivity index (χ0v) is 12.5. The van der Waals surface area contributed by atoms with Gasteiger partial charge in [-0.1, -0.05) is 0 Å². The molecule has 0 aliphatic carbocycles. The van der Waals surface area contributed by atoms with Crippen molar-refractivity contribution in [2.24, 2.45) is 0 Å². The van der Waals surface area contributed by atoms with Crippen LogP contribution in [-0.4, -0.2) is 26.7 Å². The lowest BCUT2D eigenvalue weighted by atomic mass is 10.2. The lowest BCUT2D eigenvalue weighted by molar-refractivity contribution is -0.0512. The number of methoxy groups -OCH3 is 2. The third-order valence-electron chi connectivity index (χ3n) is 2.99. The fraction of sp³-hybridized carbons (Fsp3) is 0.188. The Labute approximate surface area is 131 Å². The summed E-state index contributed by atoms with van der Waals surface area (Å²) in [4.78, 5) is 12.2. The van der Waals surface area contributed by atoms with E-state index >= 15 is 0 Å². The third-order valence-corrected chi connectivity index (χ3v) is 2.99. The molecule has 2 aromatic rings. The van der Waals surface area contributed by atoms with E-state index in [0.717, 1.165) is 0 Å². The van der Waals surface area contributed by atoms with Crippen LogP contribution in [-0.2, 0) is 0 Å². The molecule has 2 rings (SSSR count). The fourth-order valence-electron chi connectivity index (χ4n) is 1.88. The molecule has 1 N–H and O–H groups in total. The zero-order valence-electron chi connectivity index (χ0n) is 12.5. The van der Waals surface area contributed by atoms with Crippen molar-refractivity contribution in [1.82, 2.24) is 0 Å². The van der Waals surface area contributed by atoms with E-state index in [-0.39, 0.29) is 17.1 Å². The summed E-state index contributed by atoms with van der Waals surface area (Å²) in [6, 6.07) is 10.7. The number of amides is 1. The Morgan fingerprint density at radius 3 is 2.26 bits per heavy atom. The molecular weight excluding hydrogens is 308 g/mol. The summed E-state index contributed by atoms with van der Waals surface area (Å²) in [7, 11) is 2.85. The number of carbonyl (C=O) groups excluding carboxylic acids is 1. The summed E-state index contributed by atoms with van der Waals surface area (Å²) in [5, 5.41) is 2.68. The van der Waals surface area contributed by atoms with Gasteiger partial charge in [0.25, 0.3) is 5.91 Å². The van der Waals surface area contributed by atoms with Crippen LogP contribution in [0.5, 0.6) is 17.2 Å². The van der Waals surface area contributed by atoms with Gasteiger partial charge in [-0.25, -0.2) is 0 Å². The quantitative estimate of drug-likeness (QED) is 0.883. The fourth-order valence-corrected chi connectivity index (χ4v) is 1.88. The van der Waals surface area contributed by atoms with E-state index in [0.29, 0.717) is 11.4 Å². The van der Waals surface area contributed by atoms with Gasteiger partial charge >= 0.3 is 6.61 Å². The van der Waals surface area contributed by atoms with Gasteiger partial charge in [0.2, 0.25) is 0 Å². The Balaban J connectivity index is 2.15. The Bertz CT molecular complexity index is 674. The molecule has 5 nitrogen and oxygen atoms in total. The van der Waals surface area contributed by atoms with Crippen LogP contribution in [0.3, 0.4) is 0 Å². The predicted octanol–water partition coefficient (Wildman–Crippen LogP) is 3.56. The molecule has 0 aromatic heterocycles. The number of carbonyl (C=O) groups is 1. The van der Waals surface area contributed by atoms with Crippen molar-refractivity contribution >= 4 is 11.6 Å². The summed E-state index contributed by atoms with van der Waals surface area (Å²) in [6.45, 7) is -2.97. The molecule has 0 radical (unpaired) electrons. The molecule has 0 atom stereocenters. The highest BCUT2D eigenvalue weighted by Crippen LogP contribution is 2.29. The van der Waals surface area contributed by atoms with Gasteiger partial charge in [0.1, 0.15) is 5.75 Å². The topological polar surface area (TPSA) is 56.8 Å². The van der Waals surface area contributed by atoms with Crippen molar-refractivity contribution in [2.75, 3.05) is 19.5 Å². The van der Waals surface area contributed by atoms with Gasteiger partial charge in [-0.3, -0.25) is 4.79 Å². The summed E-state index contributed by atoms with van der Waals surface area (Å²) >= 11 is 0. The smallest absolute Gasteiger partial charge is 0.387 e. The largest absolute Gasteiger partial charge is 0.497 e. The molecule has 7 heteroatoms. The Morgan fingerprint density at radius 1 is 1.00 bits per heavy atom. The summed E-state index contributed by atoms with van der Waals surface area (Å²) in [5.74, 6) is 0.173. The minimum atomic E-state index is -2.97. The molecule has 0 saturated carbocycles. The van der Waals surface area contributed by atoms with E-state index in [1.807, 2.05) is 0 Å². The number of halogens is 2. The van der Waals surface area contributed by atoms with Crippen LogP contribution in [0.4, 0.5) is 14.5 Å². The van der Waals surface area contributed by atoms with Gasteiger partial charge in [0.05, 0.1) is 14.2 Å². The zero-order chi connectivity index (χ0) is 16.8. The first kappa shape index (κ1) is 16.5. The highest BCUT2D eigenvalue weighted by Gasteiger charge is 2.14. The number of hydrogen-bond donors (Lipinski definition) is 1. The van der Waals surface area contributed by atoms with Gasteiger partial charge < -0.3 is 19.5 Å². The van der Waals surface area contributed by atoms with Crippen LogP contribution >= 0.6 is 0 Å². The van der Waals surface area contributed by atoms with Gasteiger partial charge in [-0.05, 0) is 42.5 Å². The number of anilines is 1. The summed E-state index contributed by atoms with van der Waals surface area (Å²) in [5.41, 5.74) is 0.821. The van der Waals surface area contributed by atoms with E-state index < -0.39 is 12.5 Å². The molecule has 0 aliphatic rings. The van der Waals surface area contributed by atoms with Crippen LogP contribution in [0.15, 0.2) is 42.5 Å². The second-order valence-corrected chi connectivity index (χ2v) is 4.43. The summed E-state index contributed by atoms with van der Waals surface area (Å²) in [6.07, 6.45) is 0. The van der Waals surface area contributed by atoms with E-state index in [1.165, 1.54) is 25.3 Å². The maximum Gasteiger partial charge on any atom is 0.387 e. The van der Waals surface area contributed by atoms with Gasteiger partial charge in [0.15, 0.2) is 11.5 Å². The van der Waals surface area contributed by atoms with E-state index in [4.69, 9.17) is 9.47 Å². The molecule has 0 fully saturated rings. The van der Waals surface area contributed by atoms with Crippen LogP contribution < -0.4 is 19.5 Å². The number of ether oxygens (including phenoxy) is 3. The number of alkyl halides is 2. The van der Waals surface area contributed by atoms with Crippen LogP contribution in [0.1, 0.15) is 10.4 Å². The van der Waals surface area contributed by atoms with Gasteiger partial charge in [-0.15, -0.1) is 0 Å². The minimum Gasteiger partial charge on any atom is -0.497 e. The normalized spacial score (nSPS) is 10.3. The Hall–Kier alpha value is -2.83. The van der Waals surface area contributed by atoms with Crippen molar-refractivity contribution < 1.29 is 27.8 Å². The Kier molecular flexibility index (Phi) is 5.35. The van der Waals surface area contributed by atoms with Crippen molar-refractivity contribution in [3.8, 4) is 17.2 Å². The summed E-state index contributed by atoms with van der Waals surface area (Å²) < 4.78 is 38.9. The highest BCUT2D eigenvalue weighted by atomic mass is 19.3. The van der Waals surface area contributed by atoms with Gasteiger partial charge in [0, 0.05) is 11.3 Å². The van der Waals surface area contributed by atoms with Gasteiger partial charge in [-0.2, -0.15) is 8.78 Å². The number of rotatable bonds is 6. The molecule has 0 unspecified atom stereocenters. The molecule has 0 aliphatic heterocycles. The van der Waals surface area contributed by atoms with Crippen LogP contribution in [0, 0.1) is 0 Å². The van der Waals surface area contributed by atoms with E-state index in [9.17, 15) is 13.6 Å². The van der Waals surface area contributed by atoms with E-state index in [1.54, 1.807) is 31.4 Å². The monoisotopic (exact) mass is 323 g/mol. The third kappa shape index (κ3) is 4.32. The number of hydrogen-bond acceptors (Lipinski definition) is 4. The second-order valence-electron chi connectivity index (χ2n) is 4.43. The van der Waals surface area contributed by atoms with Crippen molar-refractivity contribution in [3.63, 3.8) is 0 Å². The number of benzene rings is 2. The average molecular weight is 323 g/mol. The molecular formula is C16H15F2NO4. The highest BCUT2D eigenvalue weighted by molar-refractivity contribution is 6.04. The van der Waals surface area contributed by atoms with Crippen LogP contribution in [0.2, 0.25) is 0 Å². The van der Waals surface area contributed by atoms with Crippen molar-refractivity contribution in [1.29, 1.82) is 0 Å². The first-order valence-electron chi connectivity index (χ1n) is 6.61. The Morgan fingerprint density at radius 2 is 1.70 bits per heavy atom. The van der Waals surface area contributed by atoms with Crippen molar-refractivity contribution in [3.05, 3.63) is 48.0 Å². The molecule has 1 amide bonds. The molecule has 2 aromatic carbocycles. The van der Waals surface area contributed by atoms with E-state index in [2.05, 4.69) is 10.1 Å². The molecule has 0 bridgehead atoms.